The van der Waals surface area contributed by atoms with Gasteiger partial charge in [0.2, 0.25) is 0 Å². The smallest absolute Gasteiger partial charge is 0.414 e. The topological polar surface area (TPSA) is 97.1 Å². The molecule has 1 heterocycles. The quantitative estimate of drug-likeness (QED) is 0.433. The fourth-order valence-corrected chi connectivity index (χ4v) is 4.53. The standard InChI is InChI=1S/C25H29FN2O6S/c1-6-35(31,32)15-17-9-7-8-16(23(17)26)12-20-21(14-27(2)3)19-11-10-18(33-25(30)28(4)5)13-22(19)34-24(20)29/h7-11,13H,6,12,14-15H2,1-5H3. The van der Waals surface area contributed by atoms with Crippen LogP contribution in [0, 0.1) is 5.82 Å². The monoisotopic (exact) mass is 504 g/mol. The number of hydrogen-bond acceptors (Lipinski definition) is 7. The van der Waals surface area contributed by atoms with E-state index in [0.29, 0.717) is 17.5 Å². The van der Waals surface area contributed by atoms with Gasteiger partial charge in [-0.3, -0.25) is 0 Å². The number of rotatable bonds is 8. The van der Waals surface area contributed by atoms with Crippen LogP contribution in [0.15, 0.2) is 45.6 Å². The van der Waals surface area contributed by atoms with Gasteiger partial charge in [-0.25, -0.2) is 22.4 Å². The van der Waals surface area contributed by atoms with Crippen LogP contribution in [0.5, 0.6) is 5.75 Å². The van der Waals surface area contributed by atoms with E-state index in [-0.39, 0.29) is 40.2 Å². The summed E-state index contributed by atoms with van der Waals surface area (Å²) in [5, 5.41) is 0.628. The summed E-state index contributed by atoms with van der Waals surface area (Å²) in [5.74, 6) is -0.928. The number of ether oxygens (including phenoxy) is 1. The zero-order valence-corrected chi connectivity index (χ0v) is 21.2. The number of carbonyl (C=O) groups excluding carboxylic acids is 1. The number of fused-ring (bicyclic) bond motifs is 1. The lowest BCUT2D eigenvalue weighted by Crippen LogP contribution is -2.25. The van der Waals surface area contributed by atoms with Crippen LogP contribution in [0.2, 0.25) is 0 Å². The maximum Gasteiger partial charge on any atom is 0.414 e. The Labute approximate surface area is 203 Å². The number of carbonyl (C=O) groups is 1. The first-order chi connectivity index (χ1) is 16.4. The van der Waals surface area contributed by atoms with Crippen molar-refractivity contribution in [1.82, 2.24) is 9.80 Å². The molecular formula is C25H29FN2O6S. The molecule has 3 aromatic rings. The molecule has 10 heteroatoms. The van der Waals surface area contributed by atoms with Crippen LogP contribution in [0.25, 0.3) is 11.0 Å². The van der Waals surface area contributed by atoms with Gasteiger partial charge in [-0.15, -0.1) is 0 Å². The maximum absolute atomic E-state index is 15.2. The van der Waals surface area contributed by atoms with Crippen molar-refractivity contribution in [3.8, 4) is 5.75 Å². The Hall–Kier alpha value is -3.24. The molecule has 0 fully saturated rings. The first-order valence-corrected chi connectivity index (χ1v) is 12.8. The Bertz CT molecular complexity index is 1410. The van der Waals surface area contributed by atoms with Crippen LogP contribution in [-0.2, 0) is 28.6 Å². The Morgan fingerprint density at radius 2 is 1.74 bits per heavy atom. The van der Waals surface area contributed by atoms with Crippen molar-refractivity contribution in [2.45, 2.75) is 25.6 Å². The number of sulfone groups is 1. The maximum atomic E-state index is 15.2. The third kappa shape index (κ3) is 6.26. The Morgan fingerprint density at radius 3 is 2.37 bits per heavy atom. The molecule has 0 spiro atoms. The Morgan fingerprint density at radius 1 is 1.06 bits per heavy atom. The molecule has 0 saturated carbocycles. The number of halogens is 1. The minimum Gasteiger partial charge on any atom is -0.422 e. The van der Waals surface area contributed by atoms with Gasteiger partial charge in [-0.05, 0) is 37.4 Å². The van der Waals surface area contributed by atoms with Gasteiger partial charge in [0.25, 0.3) is 0 Å². The minimum atomic E-state index is -3.43. The molecule has 1 amide bonds. The predicted octanol–water partition coefficient (Wildman–Crippen LogP) is 3.58. The molecule has 0 N–H and O–H groups in total. The highest BCUT2D eigenvalue weighted by Crippen LogP contribution is 2.28. The van der Waals surface area contributed by atoms with Gasteiger partial charge in [0.15, 0.2) is 9.84 Å². The molecule has 0 radical (unpaired) electrons. The lowest BCUT2D eigenvalue weighted by atomic mass is 9.97. The molecule has 3 rings (SSSR count). The van der Waals surface area contributed by atoms with E-state index in [1.54, 1.807) is 32.3 Å². The van der Waals surface area contributed by atoms with E-state index < -0.39 is 33.1 Å². The van der Waals surface area contributed by atoms with Crippen LogP contribution in [0.4, 0.5) is 9.18 Å². The van der Waals surface area contributed by atoms with Crippen molar-refractivity contribution in [2.75, 3.05) is 33.9 Å². The van der Waals surface area contributed by atoms with E-state index in [0.717, 1.165) is 0 Å². The zero-order chi connectivity index (χ0) is 25.9. The van der Waals surface area contributed by atoms with Gasteiger partial charge in [0, 0.05) is 55.4 Å². The van der Waals surface area contributed by atoms with E-state index in [2.05, 4.69) is 0 Å². The molecule has 0 bridgehead atoms. The first kappa shape index (κ1) is 26.4. The fraction of sp³-hybridized carbons (Fsp3) is 0.360. The largest absolute Gasteiger partial charge is 0.422 e. The van der Waals surface area contributed by atoms with Crippen molar-refractivity contribution in [3.63, 3.8) is 0 Å². The third-order valence-corrected chi connectivity index (χ3v) is 7.11. The Kier molecular flexibility index (Phi) is 7.97. The van der Waals surface area contributed by atoms with Crippen LogP contribution in [-0.4, -0.2) is 58.3 Å². The fourth-order valence-electron chi connectivity index (χ4n) is 3.63. The van der Waals surface area contributed by atoms with Crippen molar-refractivity contribution in [1.29, 1.82) is 0 Å². The van der Waals surface area contributed by atoms with E-state index >= 15 is 4.39 Å². The number of amides is 1. The normalized spacial score (nSPS) is 11.7. The van der Waals surface area contributed by atoms with Gasteiger partial charge in [0.1, 0.15) is 17.1 Å². The highest BCUT2D eigenvalue weighted by atomic mass is 32.2. The summed E-state index contributed by atoms with van der Waals surface area (Å²) < 4.78 is 50.1. The second-order valence-electron chi connectivity index (χ2n) is 8.75. The number of benzene rings is 2. The SMILES string of the molecule is CCS(=O)(=O)Cc1cccc(Cc2c(CN(C)C)c3ccc(OC(=O)N(C)C)cc3oc2=O)c1F. The van der Waals surface area contributed by atoms with Crippen molar-refractivity contribution in [2.24, 2.45) is 0 Å². The first-order valence-electron chi connectivity index (χ1n) is 11.0. The molecule has 188 valence electrons. The molecule has 1 aromatic heterocycles. The van der Waals surface area contributed by atoms with Crippen molar-refractivity contribution in [3.05, 3.63) is 74.9 Å². The summed E-state index contributed by atoms with van der Waals surface area (Å²) in [5.41, 5.74) is 0.795. The molecule has 0 aliphatic heterocycles. The highest BCUT2D eigenvalue weighted by molar-refractivity contribution is 7.90. The molecule has 0 unspecified atom stereocenters. The van der Waals surface area contributed by atoms with Gasteiger partial charge in [0.05, 0.1) is 5.75 Å². The van der Waals surface area contributed by atoms with Gasteiger partial charge >= 0.3 is 11.7 Å². The van der Waals surface area contributed by atoms with E-state index in [4.69, 9.17) is 9.15 Å². The van der Waals surface area contributed by atoms with Crippen LogP contribution >= 0.6 is 0 Å². The lowest BCUT2D eigenvalue weighted by molar-refractivity contribution is 0.172. The second kappa shape index (κ2) is 10.6. The summed E-state index contributed by atoms with van der Waals surface area (Å²) >= 11 is 0. The third-order valence-electron chi connectivity index (χ3n) is 5.48. The van der Waals surface area contributed by atoms with Crippen LogP contribution < -0.4 is 10.4 Å². The molecular weight excluding hydrogens is 475 g/mol. The van der Waals surface area contributed by atoms with E-state index in [9.17, 15) is 18.0 Å². The van der Waals surface area contributed by atoms with Gasteiger partial charge in [-0.1, -0.05) is 25.1 Å². The minimum absolute atomic E-state index is 0.0648. The van der Waals surface area contributed by atoms with Crippen molar-refractivity contribution >= 4 is 26.9 Å². The van der Waals surface area contributed by atoms with E-state index in [1.807, 2.05) is 19.0 Å². The predicted molar refractivity (Wildman–Crippen MR) is 132 cm³/mol. The highest BCUT2D eigenvalue weighted by Gasteiger charge is 2.21. The summed E-state index contributed by atoms with van der Waals surface area (Å²) in [6.45, 7) is 1.89. The average Bonchev–Trinajstić information content (AvgIpc) is 2.77. The summed E-state index contributed by atoms with van der Waals surface area (Å²) in [6.07, 6.45) is -0.637. The molecule has 2 aromatic carbocycles. The van der Waals surface area contributed by atoms with Crippen molar-refractivity contribution < 1.29 is 26.8 Å². The number of hydrogen-bond donors (Lipinski definition) is 0. The molecule has 35 heavy (non-hydrogen) atoms. The van der Waals surface area contributed by atoms with Crippen LogP contribution in [0.1, 0.15) is 29.2 Å². The molecule has 8 nitrogen and oxygen atoms in total. The van der Waals surface area contributed by atoms with E-state index in [1.165, 1.54) is 30.0 Å². The second-order valence-corrected chi connectivity index (χ2v) is 11.1. The zero-order valence-electron chi connectivity index (χ0n) is 20.4. The van der Waals surface area contributed by atoms with Gasteiger partial charge in [-0.2, -0.15) is 0 Å². The summed E-state index contributed by atoms with van der Waals surface area (Å²) in [7, 11) is 3.36. The summed E-state index contributed by atoms with van der Waals surface area (Å²) in [6, 6.07) is 9.32. The molecule has 0 atom stereocenters. The van der Waals surface area contributed by atoms with Crippen LogP contribution in [0.3, 0.4) is 0 Å². The molecule has 0 aliphatic rings. The Balaban J connectivity index is 2.09. The van der Waals surface area contributed by atoms with Gasteiger partial charge < -0.3 is 19.0 Å². The molecule has 0 aliphatic carbocycles. The lowest BCUT2D eigenvalue weighted by Gasteiger charge is -2.17. The average molecular weight is 505 g/mol. The number of nitrogens with zero attached hydrogens (tertiary/aromatic N) is 2. The molecule has 0 saturated heterocycles. The summed E-state index contributed by atoms with van der Waals surface area (Å²) in [4.78, 5) is 28.1.